The summed E-state index contributed by atoms with van der Waals surface area (Å²) < 4.78 is 5.20. The predicted molar refractivity (Wildman–Crippen MR) is 107 cm³/mol. The molecule has 1 unspecified atom stereocenters. The fraction of sp³-hybridized carbons (Fsp3) is 0.450. The fourth-order valence-corrected chi connectivity index (χ4v) is 2.99. The molecule has 7 nitrogen and oxygen atoms in total. The molecule has 7 heteroatoms. The van der Waals surface area contributed by atoms with Crippen LogP contribution in [0.5, 0.6) is 5.75 Å². The first-order valence-corrected chi connectivity index (χ1v) is 9.37. The third kappa shape index (κ3) is 4.67. The van der Waals surface area contributed by atoms with Gasteiger partial charge < -0.3 is 19.9 Å². The molecule has 0 bridgehead atoms. The number of aromatic nitrogens is 2. The number of ether oxygens (including phenoxy) is 1. The SMILES string of the molecule is CCC(C)Nc1cnc(C(=O)N2CCN(c3ccc(OC)cc3)CC2)cn1. The summed E-state index contributed by atoms with van der Waals surface area (Å²) in [4.78, 5) is 25.4. The van der Waals surface area contributed by atoms with Crippen molar-refractivity contribution in [3.05, 3.63) is 42.4 Å². The smallest absolute Gasteiger partial charge is 0.274 e. The standard InChI is InChI=1S/C20H27N5O2/c1-4-15(2)23-19-14-21-18(13-22-19)20(26)25-11-9-24(10-12-25)16-5-7-17(27-3)8-6-16/h5-8,13-15H,4,9-12H2,1-3H3,(H,22,23). The van der Waals surface area contributed by atoms with E-state index < -0.39 is 0 Å². The predicted octanol–water partition coefficient (Wildman–Crippen LogP) is 2.66. The Morgan fingerprint density at radius 1 is 1.15 bits per heavy atom. The van der Waals surface area contributed by atoms with E-state index in [0.29, 0.717) is 30.6 Å². The molecule has 1 N–H and O–H groups in total. The van der Waals surface area contributed by atoms with Crippen molar-refractivity contribution in [3.8, 4) is 5.75 Å². The molecular weight excluding hydrogens is 342 g/mol. The number of amides is 1. The van der Waals surface area contributed by atoms with Crippen LogP contribution in [-0.2, 0) is 0 Å². The number of benzene rings is 1. The Morgan fingerprint density at radius 2 is 1.85 bits per heavy atom. The highest BCUT2D eigenvalue weighted by molar-refractivity contribution is 5.92. The Labute approximate surface area is 160 Å². The van der Waals surface area contributed by atoms with E-state index >= 15 is 0 Å². The molecule has 0 saturated carbocycles. The minimum absolute atomic E-state index is 0.0630. The second-order valence-electron chi connectivity index (χ2n) is 6.72. The van der Waals surface area contributed by atoms with Gasteiger partial charge in [-0.3, -0.25) is 4.79 Å². The number of anilines is 2. The van der Waals surface area contributed by atoms with E-state index in [1.807, 2.05) is 29.2 Å². The Morgan fingerprint density at radius 3 is 2.41 bits per heavy atom. The van der Waals surface area contributed by atoms with E-state index in [1.165, 1.54) is 0 Å². The highest BCUT2D eigenvalue weighted by atomic mass is 16.5. The zero-order valence-electron chi connectivity index (χ0n) is 16.2. The molecular formula is C20H27N5O2. The van der Waals surface area contributed by atoms with Crippen LogP contribution in [0.2, 0.25) is 0 Å². The van der Waals surface area contributed by atoms with Crippen molar-refractivity contribution in [1.82, 2.24) is 14.9 Å². The highest BCUT2D eigenvalue weighted by Gasteiger charge is 2.23. The quantitative estimate of drug-likeness (QED) is 0.844. The van der Waals surface area contributed by atoms with Crippen LogP contribution in [0.25, 0.3) is 0 Å². The van der Waals surface area contributed by atoms with E-state index in [4.69, 9.17) is 4.74 Å². The van der Waals surface area contributed by atoms with E-state index in [0.717, 1.165) is 30.9 Å². The number of hydrogen-bond acceptors (Lipinski definition) is 6. The van der Waals surface area contributed by atoms with Gasteiger partial charge in [-0.05, 0) is 37.6 Å². The molecule has 1 aliphatic rings. The first-order valence-electron chi connectivity index (χ1n) is 9.37. The second kappa shape index (κ2) is 8.70. The third-order valence-electron chi connectivity index (χ3n) is 4.88. The number of piperazine rings is 1. The zero-order valence-corrected chi connectivity index (χ0v) is 16.2. The molecule has 1 aliphatic heterocycles. The minimum atomic E-state index is -0.0630. The number of carbonyl (C=O) groups is 1. The summed E-state index contributed by atoms with van der Waals surface area (Å²) in [5, 5.41) is 3.26. The molecule has 2 heterocycles. The summed E-state index contributed by atoms with van der Waals surface area (Å²) in [6, 6.07) is 8.33. The van der Waals surface area contributed by atoms with Crippen molar-refractivity contribution < 1.29 is 9.53 Å². The van der Waals surface area contributed by atoms with Crippen LogP contribution in [0.3, 0.4) is 0 Å². The second-order valence-corrected chi connectivity index (χ2v) is 6.72. The summed E-state index contributed by atoms with van der Waals surface area (Å²) in [5.41, 5.74) is 1.53. The van der Waals surface area contributed by atoms with Crippen molar-refractivity contribution in [1.29, 1.82) is 0 Å². The minimum Gasteiger partial charge on any atom is -0.497 e. The summed E-state index contributed by atoms with van der Waals surface area (Å²) in [6.07, 6.45) is 4.19. The van der Waals surface area contributed by atoms with Gasteiger partial charge in [0.25, 0.3) is 5.91 Å². The van der Waals surface area contributed by atoms with E-state index in [-0.39, 0.29) is 5.91 Å². The molecule has 1 amide bonds. The largest absolute Gasteiger partial charge is 0.497 e. The lowest BCUT2D eigenvalue weighted by Crippen LogP contribution is -2.49. The Balaban J connectivity index is 1.56. The monoisotopic (exact) mass is 369 g/mol. The number of nitrogens with zero attached hydrogens (tertiary/aromatic N) is 4. The van der Waals surface area contributed by atoms with Crippen molar-refractivity contribution in [3.63, 3.8) is 0 Å². The van der Waals surface area contributed by atoms with Crippen LogP contribution in [0.4, 0.5) is 11.5 Å². The maximum atomic E-state index is 12.7. The van der Waals surface area contributed by atoms with Gasteiger partial charge >= 0.3 is 0 Å². The molecule has 0 spiro atoms. The van der Waals surface area contributed by atoms with Gasteiger partial charge in [0.05, 0.1) is 19.5 Å². The average molecular weight is 369 g/mol. The zero-order chi connectivity index (χ0) is 19.2. The van der Waals surface area contributed by atoms with Crippen LogP contribution in [0.15, 0.2) is 36.7 Å². The van der Waals surface area contributed by atoms with Crippen LogP contribution in [0, 0.1) is 0 Å². The number of rotatable bonds is 6. The van der Waals surface area contributed by atoms with E-state index in [1.54, 1.807) is 19.5 Å². The summed E-state index contributed by atoms with van der Waals surface area (Å²) in [6.45, 7) is 7.11. The van der Waals surface area contributed by atoms with Crippen LogP contribution < -0.4 is 15.0 Å². The van der Waals surface area contributed by atoms with E-state index in [2.05, 4.69) is 34.0 Å². The van der Waals surface area contributed by atoms with Gasteiger partial charge in [0.15, 0.2) is 0 Å². The van der Waals surface area contributed by atoms with Gasteiger partial charge in [-0.2, -0.15) is 0 Å². The molecule has 2 aromatic rings. The van der Waals surface area contributed by atoms with Crippen molar-refractivity contribution in [2.45, 2.75) is 26.3 Å². The van der Waals surface area contributed by atoms with Crippen LogP contribution >= 0.6 is 0 Å². The van der Waals surface area contributed by atoms with Crippen molar-refractivity contribution in [2.24, 2.45) is 0 Å². The van der Waals surface area contributed by atoms with Gasteiger partial charge in [-0.15, -0.1) is 0 Å². The maximum Gasteiger partial charge on any atom is 0.274 e. The number of methoxy groups -OCH3 is 1. The van der Waals surface area contributed by atoms with Crippen molar-refractivity contribution >= 4 is 17.4 Å². The van der Waals surface area contributed by atoms with Gasteiger partial charge in [0.1, 0.15) is 17.3 Å². The molecule has 27 heavy (non-hydrogen) atoms. The van der Waals surface area contributed by atoms with E-state index in [9.17, 15) is 4.79 Å². The van der Waals surface area contributed by atoms with Gasteiger partial charge in [0, 0.05) is 37.9 Å². The van der Waals surface area contributed by atoms with Gasteiger partial charge in [-0.1, -0.05) is 6.92 Å². The molecule has 0 aliphatic carbocycles. The number of carbonyl (C=O) groups excluding carboxylic acids is 1. The highest BCUT2D eigenvalue weighted by Crippen LogP contribution is 2.21. The first kappa shape index (κ1) is 18.9. The Hall–Kier alpha value is -2.83. The Kier molecular flexibility index (Phi) is 6.11. The molecule has 0 radical (unpaired) electrons. The third-order valence-corrected chi connectivity index (χ3v) is 4.88. The van der Waals surface area contributed by atoms with Gasteiger partial charge in [0.2, 0.25) is 0 Å². The lowest BCUT2D eigenvalue weighted by molar-refractivity contribution is 0.0740. The van der Waals surface area contributed by atoms with Gasteiger partial charge in [-0.25, -0.2) is 9.97 Å². The molecule has 3 rings (SSSR count). The molecule has 1 atom stereocenters. The first-order chi connectivity index (χ1) is 13.1. The topological polar surface area (TPSA) is 70.6 Å². The number of nitrogens with one attached hydrogen (secondary N) is 1. The molecule has 144 valence electrons. The lowest BCUT2D eigenvalue weighted by Gasteiger charge is -2.36. The molecule has 1 aromatic carbocycles. The van der Waals surface area contributed by atoms with Crippen molar-refractivity contribution in [2.75, 3.05) is 43.5 Å². The lowest BCUT2D eigenvalue weighted by atomic mass is 10.2. The molecule has 1 aromatic heterocycles. The summed E-state index contributed by atoms with van der Waals surface area (Å²) in [5.74, 6) is 1.48. The summed E-state index contributed by atoms with van der Waals surface area (Å²) in [7, 11) is 1.66. The normalized spacial score (nSPS) is 15.4. The fourth-order valence-electron chi connectivity index (χ4n) is 2.99. The average Bonchev–Trinajstić information content (AvgIpc) is 2.74. The number of hydrogen-bond donors (Lipinski definition) is 1. The molecule has 1 fully saturated rings. The van der Waals surface area contributed by atoms with Crippen LogP contribution in [-0.4, -0.2) is 60.1 Å². The van der Waals surface area contributed by atoms with Crippen LogP contribution in [0.1, 0.15) is 30.8 Å². The maximum absolute atomic E-state index is 12.7. The molecule has 1 saturated heterocycles. The Bertz CT molecular complexity index is 740. The summed E-state index contributed by atoms with van der Waals surface area (Å²) >= 11 is 0.